The second-order valence-electron chi connectivity index (χ2n) is 13.0. The average molecular weight is 782 g/mol. The zero-order chi connectivity index (χ0) is 40.1. The van der Waals surface area contributed by atoms with E-state index in [4.69, 9.17) is 0 Å². The van der Waals surface area contributed by atoms with Crippen molar-refractivity contribution in [1.29, 1.82) is 5.26 Å². The number of halogens is 12. The van der Waals surface area contributed by atoms with Gasteiger partial charge in [0.05, 0.1) is 67.3 Å². The van der Waals surface area contributed by atoms with Crippen molar-refractivity contribution in [1.82, 2.24) is 9.13 Å². The molecule has 8 aromatic rings. The summed E-state index contributed by atoms with van der Waals surface area (Å²) >= 11 is 0. The van der Waals surface area contributed by atoms with Crippen molar-refractivity contribution in [3.8, 4) is 28.6 Å². The van der Waals surface area contributed by atoms with Gasteiger partial charge in [0.15, 0.2) is 0 Å². The topological polar surface area (TPSA) is 33.6 Å². The molecule has 0 amide bonds. The van der Waals surface area contributed by atoms with Gasteiger partial charge in [0.25, 0.3) is 0 Å². The normalized spacial score (nSPS) is 13.0. The fraction of sp³-hybridized carbons (Fsp3) is 0.0976. The summed E-state index contributed by atoms with van der Waals surface area (Å²) in [5, 5.41) is 10.7. The molecule has 0 saturated heterocycles. The molecule has 0 radical (unpaired) electrons. The Hall–Kier alpha value is -6.43. The van der Waals surface area contributed by atoms with E-state index in [1.165, 1.54) is 36.4 Å². The van der Waals surface area contributed by atoms with Gasteiger partial charge in [0, 0.05) is 27.1 Å². The number of aromatic nitrogens is 2. The molecule has 0 unspecified atom stereocenters. The molecule has 3 nitrogen and oxygen atoms in total. The van der Waals surface area contributed by atoms with Gasteiger partial charge in [-0.3, -0.25) is 0 Å². The average Bonchev–Trinajstić information content (AvgIpc) is 3.64. The lowest BCUT2D eigenvalue weighted by atomic mass is 9.98. The summed E-state index contributed by atoms with van der Waals surface area (Å²) < 4.78 is 173. The van der Waals surface area contributed by atoms with Gasteiger partial charge in [0.1, 0.15) is 0 Å². The predicted molar refractivity (Wildman–Crippen MR) is 185 cm³/mol. The molecule has 0 saturated carbocycles. The molecule has 0 aliphatic heterocycles. The lowest BCUT2D eigenvalue weighted by Gasteiger charge is -2.21. The van der Waals surface area contributed by atoms with Crippen molar-refractivity contribution in [2.24, 2.45) is 0 Å². The van der Waals surface area contributed by atoms with E-state index in [9.17, 15) is 57.9 Å². The molecule has 0 fully saturated rings. The molecule has 0 aliphatic rings. The monoisotopic (exact) mass is 781 g/mol. The van der Waals surface area contributed by atoms with Gasteiger partial charge >= 0.3 is 24.7 Å². The lowest BCUT2D eigenvalue weighted by molar-refractivity contribution is -0.138. The molecule has 0 N–H and O–H groups in total. The van der Waals surface area contributed by atoms with Crippen molar-refractivity contribution >= 4 is 43.6 Å². The van der Waals surface area contributed by atoms with Crippen LogP contribution in [0.1, 0.15) is 27.8 Å². The van der Waals surface area contributed by atoms with Crippen LogP contribution in [0.4, 0.5) is 52.7 Å². The second-order valence-corrected chi connectivity index (χ2v) is 13.0. The highest BCUT2D eigenvalue weighted by Gasteiger charge is 2.36. The van der Waals surface area contributed by atoms with Gasteiger partial charge < -0.3 is 9.13 Å². The van der Waals surface area contributed by atoms with Gasteiger partial charge in [-0.1, -0.05) is 54.6 Å². The van der Waals surface area contributed by atoms with Crippen molar-refractivity contribution in [3.05, 3.63) is 143 Å². The van der Waals surface area contributed by atoms with Gasteiger partial charge in [0.2, 0.25) is 0 Å². The Morgan fingerprint density at radius 1 is 0.393 bits per heavy atom. The van der Waals surface area contributed by atoms with Gasteiger partial charge in [-0.25, -0.2) is 0 Å². The summed E-state index contributed by atoms with van der Waals surface area (Å²) in [5.74, 6) is 0. The Balaban J connectivity index is 1.62. The van der Waals surface area contributed by atoms with E-state index in [1.807, 2.05) is 6.07 Å². The van der Waals surface area contributed by atoms with Crippen LogP contribution in [0, 0.1) is 11.3 Å². The number of nitrogens with zero attached hydrogens (tertiary/aromatic N) is 3. The first kappa shape index (κ1) is 36.5. The second kappa shape index (κ2) is 12.3. The Labute approximate surface area is 306 Å². The molecule has 2 aromatic heterocycles. The van der Waals surface area contributed by atoms with E-state index in [2.05, 4.69) is 0 Å². The summed E-state index contributed by atoms with van der Waals surface area (Å²) in [6.07, 6.45) is -19.7. The summed E-state index contributed by atoms with van der Waals surface area (Å²) in [7, 11) is 0. The minimum absolute atomic E-state index is 0.0353. The van der Waals surface area contributed by atoms with Crippen molar-refractivity contribution in [2.75, 3.05) is 0 Å². The van der Waals surface area contributed by atoms with Gasteiger partial charge in [-0.2, -0.15) is 57.9 Å². The van der Waals surface area contributed by atoms with Crippen molar-refractivity contribution in [3.63, 3.8) is 0 Å². The quantitative estimate of drug-likeness (QED) is 0.164. The molecule has 282 valence electrons. The molecule has 0 atom stereocenters. The lowest BCUT2D eigenvalue weighted by Crippen LogP contribution is -2.09. The molecule has 0 bridgehead atoms. The van der Waals surface area contributed by atoms with Crippen LogP contribution in [0.5, 0.6) is 0 Å². The maximum absolute atomic E-state index is 14.2. The molecule has 0 aliphatic carbocycles. The summed E-state index contributed by atoms with van der Waals surface area (Å²) in [5.41, 5.74) is -6.07. The molecule has 6 aromatic carbocycles. The number of fused-ring (bicyclic) bond motifs is 6. The molecule has 2 heterocycles. The Kier molecular flexibility index (Phi) is 8.02. The number of nitriles is 1. The number of alkyl halides is 12. The Morgan fingerprint density at radius 3 is 0.964 bits per heavy atom. The molecule has 56 heavy (non-hydrogen) atoms. The maximum atomic E-state index is 14.2. The van der Waals surface area contributed by atoms with E-state index < -0.39 is 47.0 Å². The molecule has 8 rings (SSSR count). The van der Waals surface area contributed by atoms with E-state index >= 15 is 0 Å². The predicted octanol–water partition coefficient (Wildman–Crippen LogP) is 13.5. The Morgan fingerprint density at radius 2 is 0.696 bits per heavy atom. The van der Waals surface area contributed by atoms with E-state index in [-0.39, 0.29) is 71.7 Å². The van der Waals surface area contributed by atoms with E-state index in [1.54, 1.807) is 6.07 Å². The summed E-state index contributed by atoms with van der Waals surface area (Å²) in [6, 6.07) is 22.2. The smallest absolute Gasteiger partial charge is 0.308 e. The fourth-order valence-corrected chi connectivity index (χ4v) is 7.19. The first-order valence-corrected chi connectivity index (χ1v) is 16.4. The zero-order valence-corrected chi connectivity index (χ0v) is 27.8. The fourth-order valence-electron chi connectivity index (χ4n) is 7.19. The van der Waals surface area contributed by atoms with Crippen LogP contribution in [-0.2, 0) is 24.7 Å². The molecule has 15 heteroatoms. The number of hydrogen-bond acceptors (Lipinski definition) is 1. The first-order valence-electron chi connectivity index (χ1n) is 16.4. The van der Waals surface area contributed by atoms with Crippen LogP contribution in [0.2, 0.25) is 0 Å². The third-order valence-electron chi connectivity index (χ3n) is 9.61. The van der Waals surface area contributed by atoms with Crippen LogP contribution in [-0.4, -0.2) is 9.13 Å². The van der Waals surface area contributed by atoms with Gasteiger partial charge in [-0.05, 0) is 66.2 Å². The van der Waals surface area contributed by atoms with Crippen molar-refractivity contribution in [2.45, 2.75) is 24.7 Å². The summed E-state index contributed by atoms with van der Waals surface area (Å²) in [4.78, 5) is 0. The van der Waals surface area contributed by atoms with Crippen molar-refractivity contribution < 1.29 is 52.7 Å². The summed E-state index contributed by atoms with van der Waals surface area (Å²) in [6.45, 7) is 0. The van der Waals surface area contributed by atoms with Crippen LogP contribution < -0.4 is 0 Å². The number of hydrogen-bond donors (Lipinski definition) is 0. The SMILES string of the molecule is N#Cc1cc(-n2c3cc(C(F)(F)F)ccc3c3ccc(C(F)(F)F)cc32)c(-c2ccccc2)c(-n2c3cc(C(F)(F)F)ccc3c3ccc(C(F)(F)F)cc32)c1. The third-order valence-corrected chi connectivity index (χ3v) is 9.61. The van der Waals surface area contributed by atoms with Crippen LogP contribution in [0.3, 0.4) is 0 Å². The highest BCUT2D eigenvalue weighted by atomic mass is 19.4. The third kappa shape index (κ3) is 5.96. The highest BCUT2D eigenvalue weighted by molar-refractivity contribution is 6.12. The zero-order valence-electron chi connectivity index (χ0n) is 27.8. The highest BCUT2D eigenvalue weighted by Crippen LogP contribution is 2.46. The van der Waals surface area contributed by atoms with Gasteiger partial charge in [-0.15, -0.1) is 0 Å². The van der Waals surface area contributed by atoms with Crippen LogP contribution in [0.25, 0.3) is 66.1 Å². The number of benzene rings is 6. The Bertz CT molecular complexity index is 2610. The largest absolute Gasteiger partial charge is 0.416 e. The molecular weight excluding hydrogens is 762 g/mol. The minimum Gasteiger partial charge on any atom is -0.308 e. The van der Waals surface area contributed by atoms with Crippen LogP contribution in [0.15, 0.2) is 115 Å². The maximum Gasteiger partial charge on any atom is 0.416 e. The first-order chi connectivity index (χ1) is 26.3. The molecule has 0 spiro atoms. The van der Waals surface area contributed by atoms with E-state index in [0.717, 1.165) is 81.9 Å². The van der Waals surface area contributed by atoms with E-state index in [0.29, 0.717) is 0 Å². The standard InChI is InChI=1S/C41H19F12N3/c42-38(43,44)23-6-10-27-28-11-7-24(39(45,46)47)17-32(28)55(31(27)16-23)35-14-21(20-54)15-36(37(35)22-4-2-1-3-5-22)56-33-18-25(40(48,49)50)8-12-29(33)30-13-9-26(19-34(30)56)41(51,52)53/h1-19H. The minimum atomic E-state index is -4.91. The molecular formula is C41H19F12N3. The van der Waals surface area contributed by atoms with Crippen LogP contribution >= 0.6 is 0 Å². The number of rotatable bonds is 3.